The summed E-state index contributed by atoms with van der Waals surface area (Å²) in [6.45, 7) is 13.9. The van der Waals surface area contributed by atoms with Crippen LogP contribution in [0, 0.1) is 31.6 Å². The van der Waals surface area contributed by atoms with Crippen LogP contribution in [0.2, 0.25) is 0 Å². The molecule has 2 aliphatic carbocycles. The second kappa shape index (κ2) is 19.6. The van der Waals surface area contributed by atoms with E-state index in [-0.39, 0.29) is 0 Å². The molecule has 0 aromatic heterocycles. The average molecular weight is 387 g/mol. The predicted molar refractivity (Wildman–Crippen MR) is 97.1 cm³/mol. The Labute approximate surface area is 154 Å². The summed E-state index contributed by atoms with van der Waals surface area (Å²) < 4.78 is 4.06. The van der Waals surface area contributed by atoms with Crippen molar-refractivity contribution in [3.8, 4) is 0 Å². The Hall–Kier alpha value is 0.540. The molecule has 2 fully saturated rings. The Morgan fingerprint density at radius 3 is 1.36 bits per heavy atom. The van der Waals surface area contributed by atoms with Gasteiger partial charge in [0.1, 0.15) is 0 Å². The van der Waals surface area contributed by atoms with Crippen molar-refractivity contribution < 1.29 is 20.9 Å². The summed E-state index contributed by atoms with van der Waals surface area (Å²) >= 11 is 1.55. The van der Waals surface area contributed by atoms with Gasteiger partial charge < -0.3 is 19.8 Å². The maximum atomic E-state index is 4.06. The van der Waals surface area contributed by atoms with Gasteiger partial charge in [-0.15, -0.1) is 0 Å². The number of hydrogen-bond acceptors (Lipinski definition) is 1. The minimum Gasteiger partial charge on any atom is -0.346 e. The van der Waals surface area contributed by atoms with E-state index in [2.05, 4.69) is 50.8 Å². The molecule has 1 unspecified atom stereocenters. The summed E-state index contributed by atoms with van der Waals surface area (Å²) in [5.41, 5.74) is 0. The normalized spacial score (nSPS) is 20.0. The molecule has 0 aromatic rings. The number of rotatable bonds is 2. The molecule has 0 aliphatic heterocycles. The first-order valence-corrected chi connectivity index (χ1v) is 10.3. The van der Waals surface area contributed by atoms with E-state index in [0.717, 1.165) is 11.8 Å². The Morgan fingerprint density at radius 2 is 1.27 bits per heavy atom. The van der Waals surface area contributed by atoms with Crippen LogP contribution in [0.3, 0.4) is 0 Å². The number of nitrogens with zero attached hydrogens (tertiary/aromatic N) is 1. The van der Waals surface area contributed by atoms with Gasteiger partial charge in [-0.05, 0) is 11.8 Å². The molecule has 2 saturated carbocycles. The Balaban J connectivity index is 0. The molecular formula is C20H40NNb-3. The molecule has 0 radical (unpaired) electrons. The van der Waals surface area contributed by atoms with Gasteiger partial charge in [-0.1, -0.05) is 39.5 Å². The molecule has 22 heavy (non-hydrogen) atoms. The van der Waals surface area contributed by atoms with E-state index in [0.29, 0.717) is 6.04 Å². The maximum absolute atomic E-state index is 4.06. The van der Waals surface area contributed by atoms with E-state index in [1.807, 2.05) is 0 Å². The van der Waals surface area contributed by atoms with Gasteiger partial charge in [0, 0.05) is 0 Å². The molecule has 0 N–H and O–H groups in total. The van der Waals surface area contributed by atoms with Crippen molar-refractivity contribution in [3.63, 3.8) is 0 Å². The standard InChI is InChI=1S/2C7H13.C4H9N.C2H5.Nb/c2*1-7-5-3-2-4-6-7;1-3-4(2)5;1-2;/h2*2,7H,3-6H2,1H3;4H,3H2,1-2H3;1H2,2H3;/q2*-1;;-1;. The number of hydrogen-bond donors (Lipinski definition) is 0. The van der Waals surface area contributed by atoms with Crippen molar-refractivity contribution in [2.75, 3.05) is 0 Å². The first-order valence-electron chi connectivity index (χ1n) is 9.28. The largest absolute Gasteiger partial charge is 0.346 e. The summed E-state index contributed by atoms with van der Waals surface area (Å²) in [6.07, 6.45) is 17.2. The molecule has 2 heteroatoms. The molecule has 133 valence electrons. The summed E-state index contributed by atoms with van der Waals surface area (Å²) in [7, 11) is 0. The Bertz CT molecular complexity index is 190. The zero-order valence-electron chi connectivity index (χ0n) is 15.9. The van der Waals surface area contributed by atoms with E-state index in [4.69, 9.17) is 0 Å². The predicted octanol–water partition coefficient (Wildman–Crippen LogP) is 7.16. The van der Waals surface area contributed by atoms with Crippen molar-refractivity contribution in [1.29, 1.82) is 0 Å². The van der Waals surface area contributed by atoms with E-state index >= 15 is 0 Å². The van der Waals surface area contributed by atoms with Gasteiger partial charge in [-0.3, -0.25) is 0 Å². The van der Waals surface area contributed by atoms with Gasteiger partial charge in [0.2, 0.25) is 0 Å². The zero-order valence-corrected chi connectivity index (χ0v) is 18.1. The first-order chi connectivity index (χ1) is 10.6. The fourth-order valence-corrected chi connectivity index (χ4v) is 2.67. The molecule has 0 amide bonds. The van der Waals surface area contributed by atoms with Gasteiger partial charge in [0.15, 0.2) is 0 Å². The molecule has 0 saturated heterocycles. The van der Waals surface area contributed by atoms with Crippen LogP contribution in [0.25, 0.3) is 0 Å². The molecule has 0 bridgehead atoms. The van der Waals surface area contributed by atoms with Gasteiger partial charge >= 0.3 is 50.5 Å². The smallest absolute Gasteiger partial charge is 0.194 e. The average Bonchev–Trinajstić information content (AvgIpc) is 2.58. The van der Waals surface area contributed by atoms with Gasteiger partial charge in [0.05, 0.1) is 0 Å². The Kier molecular flexibility index (Phi) is 22.1. The second-order valence-corrected chi connectivity index (χ2v) is 7.04. The van der Waals surface area contributed by atoms with E-state index in [1.165, 1.54) is 57.8 Å². The van der Waals surface area contributed by atoms with Crippen LogP contribution >= 0.6 is 0 Å². The third-order valence-corrected chi connectivity index (χ3v) is 5.21. The fraction of sp³-hybridized carbons (Fsp3) is 0.850. The van der Waals surface area contributed by atoms with E-state index in [1.54, 1.807) is 27.8 Å². The van der Waals surface area contributed by atoms with Crippen LogP contribution in [0.4, 0.5) is 0 Å². The topological polar surface area (TPSA) is 12.4 Å². The fourth-order valence-electron chi connectivity index (χ4n) is 2.27. The minimum atomic E-state index is 0.582. The summed E-state index contributed by atoms with van der Waals surface area (Å²) in [4.78, 5) is 0. The zero-order chi connectivity index (χ0) is 17.2. The molecule has 1 nitrogen and oxygen atoms in total. The molecule has 0 spiro atoms. The quantitative estimate of drug-likeness (QED) is 0.352. The SMILES string of the molecule is CC1CC[CH-]CC1.CC1CC[CH-]CC1.CCC(C)[N]=[Nb].[CH2-]C. The minimum absolute atomic E-state index is 0.582. The summed E-state index contributed by atoms with van der Waals surface area (Å²) in [5, 5.41) is 0. The van der Waals surface area contributed by atoms with Crippen molar-refractivity contribution in [2.24, 2.45) is 15.2 Å². The first kappa shape index (κ1) is 24.8. The van der Waals surface area contributed by atoms with Crippen molar-refractivity contribution in [1.82, 2.24) is 0 Å². The van der Waals surface area contributed by atoms with Crippen LogP contribution in [-0.2, 0) is 20.9 Å². The second-order valence-electron chi connectivity index (χ2n) is 6.47. The van der Waals surface area contributed by atoms with Gasteiger partial charge in [-0.25, -0.2) is 0 Å². The Morgan fingerprint density at radius 1 is 0.955 bits per heavy atom. The molecule has 2 aliphatic rings. The van der Waals surface area contributed by atoms with E-state index in [9.17, 15) is 0 Å². The van der Waals surface area contributed by atoms with Crippen LogP contribution in [-0.4, -0.2) is 6.04 Å². The van der Waals surface area contributed by atoms with Crippen molar-refractivity contribution >= 4 is 0 Å². The van der Waals surface area contributed by atoms with Crippen molar-refractivity contribution in [2.45, 2.75) is 98.4 Å². The van der Waals surface area contributed by atoms with Crippen LogP contribution in [0.5, 0.6) is 0 Å². The molecule has 0 heterocycles. The molecule has 1 atom stereocenters. The van der Waals surface area contributed by atoms with Crippen LogP contribution in [0.1, 0.15) is 92.4 Å². The van der Waals surface area contributed by atoms with Gasteiger partial charge in [-0.2, -0.15) is 32.6 Å². The molecular weight excluding hydrogens is 347 g/mol. The van der Waals surface area contributed by atoms with Crippen LogP contribution in [0.15, 0.2) is 3.34 Å². The van der Waals surface area contributed by atoms with E-state index < -0.39 is 0 Å². The third-order valence-electron chi connectivity index (χ3n) is 4.24. The molecule has 2 rings (SSSR count). The monoisotopic (exact) mass is 387 g/mol. The van der Waals surface area contributed by atoms with Crippen LogP contribution < -0.4 is 0 Å². The van der Waals surface area contributed by atoms with Crippen molar-refractivity contribution in [3.05, 3.63) is 19.8 Å². The maximum Gasteiger partial charge on any atom is -0.194 e. The third kappa shape index (κ3) is 18.6. The summed E-state index contributed by atoms with van der Waals surface area (Å²) in [5.74, 6) is 2.01. The molecule has 0 aromatic carbocycles. The van der Waals surface area contributed by atoms with Gasteiger partial charge in [0.25, 0.3) is 0 Å². The summed E-state index contributed by atoms with van der Waals surface area (Å²) in [6, 6.07) is 0.582.